The summed E-state index contributed by atoms with van der Waals surface area (Å²) in [6.45, 7) is 0. The van der Waals surface area contributed by atoms with Crippen molar-refractivity contribution in [1.82, 2.24) is 0 Å². The van der Waals surface area contributed by atoms with E-state index >= 15 is 0 Å². The van der Waals surface area contributed by atoms with Crippen LogP contribution in [0.4, 0.5) is 10.1 Å². The van der Waals surface area contributed by atoms with Gasteiger partial charge in [0.2, 0.25) is 0 Å². The minimum Gasteiger partial charge on any atom is -0.365 e. The van der Waals surface area contributed by atoms with Gasteiger partial charge in [-0.15, -0.1) is 0 Å². The molecule has 0 heterocycles. The number of hydrogen-bond acceptors (Lipinski definition) is 2. The van der Waals surface area contributed by atoms with Gasteiger partial charge in [0.05, 0.1) is 11.3 Å². The van der Waals surface area contributed by atoms with Gasteiger partial charge < -0.3 is 5.73 Å². The fraction of sp³-hybridized carbons (Fsp3) is 0. The van der Waals surface area contributed by atoms with Gasteiger partial charge in [-0.05, 0) is 11.6 Å². The number of rotatable bonds is 2. The van der Waals surface area contributed by atoms with Crippen LogP contribution in [0, 0.1) is 5.82 Å². The van der Waals surface area contributed by atoms with E-state index in [2.05, 4.69) is 10.0 Å². The van der Waals surface area contributed by atoms with E-state index in [1.54, 1.807) is 0 Å². The maximum atomic E-state index is 12.9. The number of carbonyl (C=O) groups is 1. The lowest BCUT2D eigenvalue weighted by Crippen LogP contribution is -2.13. The van der Waals surface area contributed by atoms with Crippen LogP contribution in [-0.4, -0.2) is 5.91 Å². The van der Waals surface area contributed by atoms with E-state index in [9.17, 15) is 9.18 Å². The minimum atomic E-state index is -0.958. The van der Waals surface area contributed by atoms with E-state index in [4.69, 9.17) is 11.3 Å². The highest BCUT2D eigenvalue weighted by molar-refractivity contribution is 5.97. The molecule has 6 heteroatoms. The summed E-state index contributed by atoms with van der Waals surface area (Å²) in [5.41, 5.74) is 12.5. The molecular weight excluding hydrogens is 175 g/mol. The molecule has 0 spiro atoms. The van der Waals surface area contributed by atoms with Gasteiger partial charge in [0.25, 0.3) is 5.91 Å². The van der Waals surface area contributed by atoms with Crippen LogP contribution in [0.25, 0.3) is 10.4 Å². The Bertz CT molecular complexity index is 397. The first-order valence-electron chi connectivity index (χ1n) is 3.30. The predicted octanol–water partition coefficient (Wildman–Crippen LogP) is 1.87. The van der Waals surface area contributed by atoms with Crippen molar-refractivity contribution in [3.05, 3.63) is 40.0 Å². The summed E-state index contributed by atoms with van der Waals surface area (Å²) in [5.74, 6) is -1.75. The second kappa shape index (κ2) is 3.55. The Labute approximate surface area is 72.6 Å². The third-order valence-electron chi connectivity index (χ3n) is 1.39. The minimum absolute atomic E-state index is 0.102. The molecule has 0 aromatic heterocycles. The Morgan fingerprint density at radius 1 is 1.62 bits per heavy atom. The molecule has 0 aliphatic rings. The Kier molecular flexibility index (Phi) is 2.47. The first-order chi connectivity index (χ1) is 6.16. The van der Waals surface area contributed by atoms with Gasteiger partial charge in [0, 0.05) is 4.91 Å². The Morgan fingerprint density at radius 2 is 2.31 bits per heavy atom. The molecule has 0 radical (unpaired) electrons. The summed E-state index contributed by atoms with van der Waals surface area (Å²) in [6, 6.07) is 3.70. The summed E-state index contributed by atoms with van der Waals surface area (Å²) < 4.78 is 12.9. The van der Waals surface area contributed by atoms with Crippen molar-refractivity contribution in [2.75, 3.05) is 0 Å². The Hall–Kier alpha value is -2.07. The third-order valence-corrected chi connectivity index (χ3v) is 1.39. The third kappa shape index (κ3) is 1.74. The molecular formula is C7H5FN4O. The van der Waals surface area contributed by atoms with E-state index in [0.29, 0.717) is 0 Å². The zero-order chi connectivity index (χ0) is 9.84. The van der Waals surface area contributed by atoms with Gasteiger partial charge in [-0.2, -0.15) is 0 Å². The SMILES string of the molecule is [N-]=[N+]=Nc1cccc(F)c1C(N)=O. The van der Waals surface area contributed by atoms with E-state index in [0.717, 1.165) is 6.07 Å². The normalized spacial score (nSPS) is 9.00. The highest BCUT2D eigenvalue weighted by Crippen LogP contribution is 2.21. The van der Waals surface area contributed by atoms with Crippen molar-refractivity contribution in [3.63, 3.8) is 0 Å². The van der Waals surface area contributed by atoms with E-state index in [-0.39, 0.29) is 11.3 Å². The van der Waals surface area contributed by atoms with Gasteiger partial charge >= 0.3 is 0 Å². The van der Waals surface area contributed by atoms with Crippen LogP contribution >= 0.6 is 0 Å². The number of carbonyl (C=O) groups excluding carboxylic acids is 1. The first kappa shape index (κ1) is 9.02. The van der Waals surface area contributed by atoms with E-state index in [1.807, 2.05) is 0 Å². The van der Waals surface area contributed by atoms with Crippen molar-refractivity contribution < 1.29 is 9.18 Å². The fourth-order valence-electron chi connectivity index (χ4n) is 0.888. The molecule has 0 aliphatic carbocycles. The maximum absolute atomic E-state index is 12.9. The number of benzene rings is 1. The Morgan fingerprint density at radius 3 is 2.85 bits per heavy atom. The zero-order valence-corrected chi connectivity index (χ0v) is 6.44. The largest absolute Gasteiger partial charge is 0.365 e. The van der Waals surface area contributed by atoms with Gasteiger partial charge in [-0.1, -0.05) is 17.2 Å². The molecule has 0 saturated carbocycles. The second-order valence-corrected chi connectivity index (χ2v) is 2.19. The lowest BCUT2D eigenvalue weighted by Gasteiger charge is -2.00. The molecule has 13 heavy (non-hydrogen) atoms. The number of hydrogen-bond donors (Lipinski definition) is 1. The molecule has 66 valence electrons. The number of halogens is 1. The van der Waals surface area contributed by atoms with E-state index in [1.165, 1.54) is 12.1 Å². The van der Waals surface area contributed by atoms with Crippen molar-refractivity contribution in [1.29, 1.82) is 0 Å². The average molecular weight is 180 g/mol. The van der Waals surface area contributed by atoms with Gasteiger partial charge in [0.15, 0.2) is 0 Å². The number of primary amides is 1. The van der Waals surface area contributed by atoms with Crippen LogP contribution in [0.15, 0.2) is 23.3 Å². The molecule has 5 nitrogen and oxygen atoms in total. The molecule has 1 rings (SSSR count). The molecule has 0 aliphatic heterocycles. The quantitative estimate of drug-likeness (QED) is 0.420. The van der Waals surface area contributed by atoms with Crippen LogP contribution in [-0.2, 0) is 0 Å². The molecule has 0 saturated heterocycles. The van der Waals surface area contributed by atoms with E-state index < -0.39 is 11.7 Å². The molecule has 1 aromatic rings. The number of nitrogens with zero attached hydrogens (tertiary/aromatic N) is 3. The molecule has 0 bridgehead atoms. The molecule has 0 atom stereocenters. The van der Waals surface area contributed by atoms with Crippen molar-refractivity contribution in [2.24, 2.45) is 10.8 Å². The summed E-state index contributed by atoms with van der Waals surface area (Å²) in [5, 5.41) is 3.13. The number of amides is 1. The second-order valence-electron chi connectivity index (χ2n) is 2.19. The number of azide groups is 1. The van der Waals surface area contributed by atoms with Crippen LogP contribution in [0.2, 0.25) is 0 Å². The topological polar surface area (TPSA) is 91.8 Å². The first-order valence-corrected chi connectivity index (χ1v) is 3.30. The van der Waals surface area contributed by atoms with Gasteiger partial charge in [-0.3, -0.25) is 4.79 Å². The maximum Gasteiger partial charge on any atom is 0.252 e. The van der Waals surface area contributed by atoms with Crippen LogP contribution in [0.1, 0.15) is 10.4 Å². The standard InChI is InChI=1S/C7H5FN4O/c8-4-2-1-3-5(11-12-10)6(4)7(9)13/h1-3H,(H2,9,13). The van der Waals surface area contributed by atoms with Crippen molar-refractivity contribution >= 4 is 11.6 Å². The Balaban J connectivity index is 3.42. The van der Waals surface area contributed by atoms with Crippen LogP contribution in [0.3, 0.4) is 0 Å². The smallest absolute Gasteiger partial charge is 0.252 e. The molecule has 0 fully saturated rings. The highest BCUT2D eigenvalue weighted by Gasteiger charge is 2.11. The van der Waals surface area contributed by atoms with Gasteiger partial charge in [-0.25, -0.2) is 4.39 Å². The number of nitrogens with two attached hydrogens (primary N) is 1. The van der Waals surface area contributed by atoms with Crippen molar-refractivity contribution in [2.45, 2.75) is 0 Å². The molecule has 1 amide bonds. The van der Waals surface area contributed by atoms with Crippen LogP contribution in [0.5, 0.6) is 0 Å². The van der Waals surface area contributed by atoms with Crippen molar-refractivity contribution in [3.8, 4) is 0 Å². The lowest BCUT2D eigenvalue weighted by molar-refractivity contribution is 0.0997. The fourth-order valence-corrected chi connectivity index (χ4v) is 0.888. The van der Waals surface area contributed by atoms with Crippen LogP contribution < -0.4 is 5.73 Å². The monoisotopic (exact) mass is 180 g/mol. The van der Waals surface area contributed by atoms with Gasteiger partial charge in [0.1, 0.15) is 5.82 Å². The molecule has 0 unspecified atom stereocenters. The summed E-state index contributed by atoms with van der Waals surface area (Å²) >= 11 is 0. The molecule has 1 aromatic carbocycles. The average Bonchev–Trinajstić information content (AvgIpc) is 2.04. The predicted molar refractivity (Wildman–Crippen MR) is 43.7 cm³/mol. The lowest BCUT2D eigenvalue weighted by atomic mass is 10.1. The summed E-state index contributed by atoms with van der Waals surface area (Å²) in [7, 11) is 0. The summed E-state index contributed by atoms with van der Waals surface area (Å²) in [4.78, 5) is 13.2. The zero-order valence-electron chi connectivity index (χ0n) is 6.44. The highest BCUT2D eigenvalue weighted by atomic mass is 19.1. The molecule has 2 N–H and O–H groups in total. The summed E-state index contributed by atoms with van der Waals surface area (Å²) in [6.07, 6.45) is 0.